The van der Waals surface area contributed by atoms with Gasteiger partial charge in [0, 0.05) is 26.2 Å². The molecule has 0 saturated carbocycles. The van der Waals surface area contributed by atoms with Gasteiger partial charge in [-0.05, 0) is 12.8 Å². The van der Waals surface area contributed by atoms with Gasteiger partial charge in [0.25, 0.3) is 0 Å². The summed E-state index contributed by atoms with van der Waals surface area (Å²) in [6.45, 7) is 3.25. The molecule has 1 aliphatic rings. The van der Waals surface area contributed by atoms with Gasteiger partial charge in [0.05, 0.1) is 25.4 Å². The number of rotatable bonds is 8. The number of hydrogen-bond donors (Lipinski definition) is 4. The fourth-order valence-corrected chi connectivity index (χ4v) is 1.76. The van der Waals surface area contributed by atoms with E-state index in [0.717, 1.165) is 25.9 Å². The fraction of sp³-hybridized carbons (Fsp3) is 1.00. The van der Waals surface area contributed by atoms with Gasteiger partial charge in [-0.15, -0.1) is 0 Å². The maximum atomic E-state index is 8.60. The van der Waals surface area contributed by atoms with Gasteiger partial charge in [0.1, 0.15) is 0 Å². The summed E-state index contributed by atoms with van der Waals surface area (Å²) in [5.41, 5.74) is 0. The summed E-state index contributed by atoms with van der Waals surface area (Å²) in [6, 6.07) is 0. The Balaban J connectivity index is 1.99. The predicted octanol–water partition coefficient (Wildman–Crippen LogP) is -1.30. The summed E-state index contributed by atoms with van der Waals surface area (Å²) >= 11 is 0. The summed E-state index contributed by atoms with van der Waals surface area (Å²) < 4.78 is 5.77. The molecule has 1 aliphatic heterocycles. The maximum absolute atomic E-state index is 8.60. The van der Waals surface area contributed by atoms with Gasteiger partial charge in [-0.1, -0.05) is 0 Å². The third-order valence-electron chi connectivity index (χ3n) is 2.52. The number of aliphatic hydroxyl groups excluding tert-OH is 2. The Labute approximate surface area is 90.8 Å². The lowest BCUT2D eigenvalue weighted by Gasteiger charge is -2.14. The Kier molecular flexibility index (Phi) is 6.87. The molecule has 2 atom stereocenters. The normalized spacial score (nSPS) is 26.0. The predicted molar refractivity (Wildman–Crippen MR) is 57.8 cm³/mol. The van der Waals surface area contributed by atoms with Crippen molar-refractivity contribution in [2.75, 3.05) is 39.4 Å². The van der Waals surface area contributed by atoms with Crippen LogP contribution in [0.5, 0.6) is 0 Å². The quantitative estimate of drug-likeness (QED) is 0.381. The molecule has 0 spiro atoms. The lowest BCUT2D eigenvalue weighted by Crippen LogP contribution is -2.32. The SMILES string of the molecule is OCCNCC1CCC(CNCCO)O1. The van der Waals surface area contributed by atoms with Crippen molar-refractivity contribution < 1.29 is 14.9 Å². The lowest BCUT2D eigenvalue weighted by molar-refractivity contribution is 0.0448. The molecule has 1 rings (SSSR count). The van der Waals surface area contributed by atoms with Crippen molar-refractivity contribution >= 4 is 0 Å². The third-order valence-corrected chi connectivity index (χ3v) is 2.52. The Morgan fingerprint density at radius 2 is 1.40 bits per heavy atom. The Bertz CT molecular complexity index is 142. The number of aliphatic hydroxyl groups is 2. The van der Waals surface area contributed by atoms with Gasteiger partial charge in [-0.3, -0.25) is 0 Å². The van der Waals surface area contributed by atoms with E-state index in [2.05, 4.69) is 10.6 Å². The minimum atomic E-state index is 0.175. The standard InChI is InChI=1S/C10H22N2O3/c13-5-3-11-7-9-1-2-10(15-9)8-12-4-6-14/h9-14H,1-8H2. The zero-order chi connectivity index (χ0) is 10.9. The van der Waals surface area contributed by atoms with Crippen LogP contribution >= 0.6 is 0 Å². The molecule has 90 valence electrons. The average molecular weight is 218 g/mol. The Hall–Kier alpha value is -0.200. The van der Waals surface area contributed by atoms with Crippen LogP contribution in [0, 0.1) is 0 Å². The molecule has 0 aliphatic carbocycles. The molecule has 1 saturated heterocycles. The summed E-state index contributed by atoms with van der Waals surface area (Å²) in [5.74, 6) is 0. The number of nitrogens with one attached hydrogen (secondary N) is 2. The van der Waals surface area contributed by atoms with Crippen molar-refractivity contribution in [3.63, 3.8) is 0 Å². The van der Waals surface area contributed by atoms with Gasteiger partial charge >= 0.3 is 0 Å². The summed E-state index contributed by atoms with van der Waals surface area (Å²) in [7, 11) is 0. The molecule has 5 nitrogen and oxygen atoms in total. The first kappa shape index (κ1) is 12.9. The van der Waals surface area contributed by atoms with Gasteiger partial charge in [0.2, 0.25) is 0 Å². The highest BCUT2D eigenvalue weighted by atomic mass is 16.5. The van der Waals surface area contributed by atoms with Crippen LogP contribution in [0.3, 0.4) is 0 Å². The van der Waals surface area contributed by atoms with E-state index in [1.165, 1.54) is 0 Å². The average Bonchev–Trinajstić information content (AvgIpc) is 2.67. The molecular formula is C10H22N2O3. The van der Waals surface area contributed by atoms with E-state index < -0.39 is 0 Å². The first-order valence-corrected chi connectivity index (χ1v) is 5.65. The molecule has 2 unspecified atom stereocenters. The first-order valence-electron chi connectivity index (χ1n) is 5.65. The molecule has 0 aromatic carbocycles. The second-order valence-corrected chi connectivity index (χ2v) is 3.81. The monoisotopic (exact) mass is 218 g/mol. The Morgan fingerprint density at radius 3 is 1.80 bits per heavy atom. The van der Waals surface area contributed by atoms with E-state index in [1.54, 1.807) is 0 Å². The van der Waals surface area contributed by atoms with Crippen LogP contribution in [0.2, 0.25) is 0 Å². The molecule has 1 heterocycles. The lowest BCUT2D eigenvalue weighted by atomic mass is 10.2. The van der Waals surface area contributed by atoms with Crippen LogP contribution in [0.15, 0.2) is 0 Å². The zero-order valence-electron chi connectivity index (χ0n) is 9.11. The highest BCUT2D eigenvalue weighted by Gasteiger charge is 2.24. The van der Waals surface area contributed by atoms with Crippen molar-refractivity contribution in [3.8, 4) is 0 Å². The van der Waals surface area contributed by atoms with Crippen LogP contribution in [0.4, 0.5) is 0 Å². The van der Waals surface area contributed by atoms with E-state index in [1.807, 2.05) is 0 Å². The van der Waals surface area contributed by atoms with Crippen molar-refractivity contribution in [1.29, 1.82) is 0 Å². The molecule has 1 fully saturated rings. The molecule has 0 bridgehead atoms. The molecule has 0 amide bonds. The highest BCUT2D eigenvalue weighted by Crippen LogP contribution is 2.18. The van der Waals surface area contributed by atoms with Crippen molar-refractivity contribution in [2.24, 2.45) is 0 Å². The molecule has 5 heteroatoms. The summed E-state index contributed by atoms with van der Waals surface area (Å²) in [6.07, 6.45) is 2.70. The second kappa shape index (κ2) is 8.01. The zero-order valence-corrected chi connectivity index (χ0v) is 9.11. The van der Waals surface area contributed by atoms with Crippen molar-refractivity contribution in [2.45, 2.75) is 25.0 Å². The van der Waals surface area contributed by atoms with Crippen molar-refractivity contribution in [3.05, 3.63) is 0 Å². The molecule has 15 heavy (non-hydrogen) atoms. The van der Waals surface area contributed by atoms with Gasteiger partial charge in [-0.25, -0.2) is 0 Å². The van der Waals surface area contributed by atoms with Gasteiger partial charge < -0.3 is 25.6 Å². The molecule has 4 N–H and O–H groups in total. The van der Waals surface area contributed by atoms with E-state index in [9.17, 15) is 0 Å². The minimum absolute atomic E-state index is 0.175. The third kappa shape index (κ3) is 5.44. The smallest absolute Gasteiger partial charge is 0.0704 e. The number of hydrogen-bond acceptors (Lipinski definition) is 5. The number of ether oxygens (including phenoxy) is 1. The van der Waals surface area contributed by atoms with Crippen LogP contribution in [-0.2, 0) is 4.74 Å². The highest BCUT2D eigenvalue weighted by molar-refractivity contribution is 4.76. The van der Waals surface area contributed by atoms with Gasteiger partial charge in [0.15, 0.2) is 0 Å². The molecule has 0 aromatic heterocycles. The first-order chi connectivity index (χ1) is 7.36. The molecule has 0 radical (unpaired) electrons. The Morgan fingerprint density at radius 1 is 0.933 bits per heavy atom. The van der Waals surface area contributed by atoms with E-state index in [0.29, 0.717) is 13.1 Å². The van der Waals surface area contributed by atoms with Crippen LogP contribution in [0.1, 0.15) is 12.8 Å². The largest absolute Gasteiger partial charge is 0.395 e. The minimum Gasteiger partial charge on any atom is -0.395 e. The van der Waals surface area contributed by atoms with Crippen LogP contribution in [0.25, 0.3) is 0 Å². The van der Waals surface area contributed by atoms with E-state index >= 15 is 0 Å². The molecule has 0 aromatic rings. The maximum Gasteiger partial charge on any atom is 0.0704 e. The fourth-order valence-electron chi connectivity index (χ4n) is 1.76. The van der Waals surface area contributed by atoms with Gasteiger partial charge in [-0.2, -0.15) is 0 Å². The van der Waals surface area contributed by atoms with Crippen LogP contribution < -0.4 is 10.6 Å². The summed E-state index contributed by atoms with van der Waals surface area (Å²) in [5, 5.41) is 23.5. The van der Waals surface area contributed by atoms with Crippen LogP contribution in [-0.4, -0.2) is 61.8 Å². The summed E-state index contributed by atoms with van der Waals surface area (Å²) in [4.78, 5) is 0. The van der Waals surface area contributed by atoms with E-state index in [-0.39, 0.29) is 25.4 Å². The molecular weight excluding hydrogens is 196 g/mol. The topological polar surface area (TPSA) is 73.8 Å². The van der Waals surface area contributed by atoms with E-state index in [4.69, 9.17) is 14.9 Å². The second-order valence-electron chi connectivity index (χ2n) is 3.81. The van der Waals surface area contributed by atoms with Crippen molar-refractivity contribution in [1.82, 2.24) is 10.6 Å².